The number of piperidine rings is 1. The minimum absolute atomic E-state index is 0.176. The number of Topliss-reactive ketones (excluding diaryl/α,β-unsaturated/α-hetero) is 1. The van der Waals surface area contributed by atoms with E-state index in [0.717, 1.165) is 13.1 Å². The van der Waals surface area contributed by atoms with E-state index in [-0.39, 0.29) is 5.78 Å². The van der Waals surface area contributed by atoms with Gasteiger partial charge in [0.15, 0.2) is 0 Å². The van der Waals surface area contributed by atoms with Crippen molar-refractivity contribution in [2.45, 2.75) is 32.1 Å². The smallest absolute Gasteiger partial charge is 0.222 e. The second kappa shape index (κ2) is 6.61. The fourth-order valence-electron chi connectivity index (χ4n) is 2.33. The number of aromatic nitrogens is 2. The number of rotatable bonds is 5. The molecule has 2 heterocycles. The average Bonchev–Trinajstić information content (AvgIpc) is 2.40. The SMILES string of the molecule is CC(=O)CCNc1ncc(C2CCN(C)CC2)cn1. The van der Waals surface area contributed by atoms with E-state index in [1.54, 1.807) is 6.92 Å². The van der Waals surface area contributed by atoms with Crippen LogP contribution in [0.25, 0.3) is 0 Å². The summed E-state index contributed by atoms with van der Waals surface area (Å²) >= 11 is 0. The second-order valence-electron chi connectivity index (χ2n) is 5.30. The molecule has 1 N–H and O–H groups in total. The van der Waals surface area contributed by atoms with Crippen LogP contribution in [0.4, 0.5) is 5.95 Å². The van der Waals surface area contributed by atoms with Crippen LogP contribution in [0.5, 0.6) is 0 Å². The van der Waals surface area contributed by atoms with Crippen molar-refractivity contribution in [3.8, 4) is 0 Å². The van der Waals surface area contributed by atoms with Crippen LogP contribution in [0.3, 0.4) is 0 Å². The van der Waals surface area contributed by atoms with Gasteiger partial charge < -0.3 is 10.2 Å². The predicted octanol–water partition coefficient (Wildman–Crippen LogP) is 1.68. The third kappa shape index (κ3) is 4.28. The number of nitrogens with one attached hydrogen (secondary N) is 1. The van der Waals surface area contributed by atoms with Gasteiger partial charge in [0.2, 0.25) is 5.95 Å². The topological polar surface area (TPSA) is 58.1 Å². The zero-order valence-corrected chi connectivity index (χ0v) is 11.7. The van der Waals surface area contributed by atoms with Crippen LogP contribution in [0.1, 0.15) is 37.7 Å². The van der Waals surface area contributed by atoms with Gasteiger partial charge in [0.1, 0.15) is 5.78 Å². The van der Waals surface area contributed by atoms with Crippen LogP contribution < -0.4 is 5.32 Å². The molecule has 1 aliphatic rings. The van der Waals surface area contributed by atoms with E-state index in [2.05, 4.69) is 27.2 Å². The average molecular weight is 262 g/mol. The first-order chi connectivity index (χ1) is 9.15. The molecule has 5 heteroatoms. The molecule has 2 rings (SSSR count). The van der Waals surface area contributed by atoms with Crippen molar-refractivity contribution in [2.24, 2.45) is 0 Å². The molecule has 1 fully saturated rings. The van der Waals surface area contributed by atoms with Gasteiger partial charge in [-0.15, -0.1) is 0 Å². The first kappa shape index (κ1) is 13.9. The Kier molecular flexibility index (Phi) is 4.85. The lowest BCUT2D eigenvalue weighted by Crippen LogP contribution is -2.29. The molecule has 0 saturated carbocycles. The van der Waals surface area contributed by atoms with Gasteiger partial charge in [-0.05, 0) is 51.4 Å². The van der Waals surface area contributed by atoms with Gasteiger partial charge in [-0.1, -0.05) is 0 Å². The number of anilines is 1. The number of nitrogens with zero attached hydrogens (tertiary/aromatic N) is 3. The third-order valence-electron chi connectivity index (χ3n) is 3.62. The highest BCUT2D eigenvalue weighted by Crippen LogP contribution is 2.26. The number of likely N-dealkylation sites (tertiary alicyclic amines) is 1. The molecule has 0 radical (unpaired) electrons. The van der Waals surface area contributed by atoms with Crippen LogP contribution in [-0.2, 0) is 4.79 Å². The third-order valence-corrected chi connectivity index (χ3v) is 3.62. The van der Waals surface area contributed by atoms with Crippen molar-refractivity contribution >= 4 is 11.7 Å². The Bertz CT molecular complexity index is 410. The minimum Gasteiger partial charge on any atom is -0.354 e. The van der Waals surface area contributed by atoms with Crippen LogP contribution in [-0.4, -0.2) is 47.3 Å². The van der Waals surface area contributed by atoms with Crippen molar-refractivity contribution in [3.63, 3.8) is 0 Å². The van der Waals surface area contributed by atoms with E-state index >= 15 is 0 Å². The highest BCUT2D eigenvalue weighted by Gasteiger charge is 2.18. The maximum atomic E-state index is 10.8. The zero-order valence-electron chi connectivity index (χ0n) is 11.7. The lowest BCUT2D eigenvalue weighted by Gasteiger charge is -2.28. The predicted molar refractivity (Wildman–Crippen MR) is 75.3 cm³/mol. The molecule has 0 spiro atoms. The highest BCUT2D eigenvalue weighted by molar-refractivity contribution is 5.75. The molecule has 0 amide bonds. The molecule has 0 atom stereocenters. The summed E-state index contributed by atoms with van der Waals surface area (Å²) < 4.78 is 0. The Morgan fingerprint density at radius 2 is 2.00 bits per heavy atom. The summed E-state index contributed by atoms with van der Waals surface area (Å²) in [5.41, 5.74) is 1.23. The molecule has 19 heavy (non-hydrogen) atoms. The summed E-state index contributed by atoms with van der Waals surface area (Å²) in [7, 11) is 2.16. The number of hydrogen-bond donors (Lipinski definition) is 1. The number of ketones is 1. The van der Waals surface area contributed by atoms with E-state index < -0.39 is 0 Å². The minimum atomic E-state index is 0.176. The van der Waals surface area contributed by atoms with Crippen LogP contribution in [0, 0.1) is 0 Å². The van der Waals surface area contributed by atoms with E-state index in [1.807, 2.05) is 12.4 Å². The van der Waals surface area contributed by atoms with E-state index in [9.17, 15) is 4.79 Å². The maximum absolute atomic E-state index is 10.8. The van der Waals surface area contributed by atoms with Crippen molar-refractivity contribution in [1.29, 1.82) is 0 Å². The van der Waals surface area contributed by atoms with Gasteiger partial charge >= 0.3 is 0 Å². The molecule has 5 nitrogen and oxygen atoms in total. The molecular weight excluding hydrogens is 240 g/mol. The summed E-state index contributed by atoms with van der Waals surface area (Å²) in [4.78, 5) is 21.8. The fourth-order valence-corrected chi connectivity index (χ4v) is 2.33. The Hall–Kier alpha value is -1.49. The first-order valence-electron chi connectivity index (χ1n) is 6.89. The Morgan fingerprint density at radius 1 is 1.37 bits per heavy atom. The quantitative estimate of drug-likeness (QED) is 0.875. The van der Waals surface area contributed by atoms with Crippen molar-refractivity contribution < 1.29 is 4.79 Å². The molecule has 1 aliphatic heterocycles. The molecular formula is C14H22N4O. The Labute approximate surface area is 114 Å². The summed E-state index contributed by atoms with van der Waals surface area (Å²) in [5.74, 6) is 1.37. The Morgan fingerprint density at radius 3 is 2.58 bits per heavy atom. The molecule has 0 aliphatic carbocycles. The number of carbonyl (C=O) groups is 1. The molecule has 1 aromatic rings. The largest absolute Gasteiger partial charge is 0.354 e. The highest BCUT2D eigenvalue weighted by atomic mass is 16.1. The number of carbonyl (C=O) groups excluding carboxylic acids is 1. The second-order valence-corrected chi connectivity index (χ2v) is 5.30. The zero-order chi connectivity index (χ0) is 13.7. The van der Waals surface area contributed by atoms with Gasteiger partial charge in [-0.2, -0.15) is 0 Å². The maximum Gasteiger partial charge on any atom is 0.222 e. The van der Waals surface area contributed by atoms with Gasteiger partial charge in [0.05, 0.1) is 0 Å². The summed E-state index contributed by atoms with van der Waals surface area (Å²) in [6.07, 6.45) is 6.70. The van der Waals surface area contributed by atoms with E-state index in [0.29, 0.717) is 24.8 Å². The van der Waals surface area contributed by atoms with Crippen molar-refractivity contribution in [3.05, 3.63) is 18.0 Å². The van der Waals surface area contributed by atoms with Gasteiger partial charge in [0, 0.05) is 25.4 Å². The van der Waals surface area contributed by atoms with Crippen LogP contribution in [0.15, 0.2) is 12.4 Å². The molecule has 0 aromatic carbocycles. The molecule has 1 saturated heterocycles. The lowest BCUT2D eigenvalue weighted by molar-refractivity contribution is -0.116. The van der Waals surface area contributed by atoms with Gasteiger partial charge in [0.25, 0.3) is 0 Å². The molecule has 0 bridgehead atoms. The van der Waals surface area contributed by atoms with Gasteiger partial charge in [-0.3, -0.25) is 4.79 Å². The van der Waals surface area contributed by atoms with Gasteiger partial charge in [-0.25, -0.2) is 9.97 Å². The standard InChI is InChI=1S/C14H22N4O/c1-11(19)3-6-15-14-16-9-13(10-17-14)12-4-7-18(2)8-5-12/h9-10,12H,3-8H2,1-2H3,(H,15,16,17). The Balaban J connectivity index is 1.85. The summed E-state index contributed by atoms with van der Waals surface area (Å²) in [6.45, 7) is 4.47. The molecule has 0 unspecified atom stereocenters. The van der Waals surface area contributed by atoms with E-state index in [4.69, 9.17) is 0 Å². The lowest BCUT2D eigenvalue weighted by atomic mass is 9.92. The molecule has 1 aromatic heterocycles. The van der Waals surface area contributed by atoms with Crippen LogP contribution in [0.2, 0.25) is 0 Å². The number of hydrogen-bond acceptors (Lipinski definition) is 5. The van der Waals surface area contributed by atoms with Crippen LogP contribution >= 0.6 is 0 Å². The van der Waals surface area contributed by atoms with E-state index in [1.165, 1.54) is 18.4 Å². The molecule has 104 valence electrons. The van der Waals surface area contributed by atoms with Crippen molar-refractivity contribution in [1.82, 2.24) is 14.9 Å². The summed E-state index contributed by atoms with van der Waals surface area (Å²) in [5, 5.41) is 3.06. The first-order valence-corrected chi connectivity index (χ1v) is 6.89. The fraction of sp³-hybridized carbons (Fsp3) is 0.643. The normalized spacial score (nSPS) is 17.4. The monoisotopic (exact) mass is 262 g/mol. The summed E-state index contributed by atoms with van der Waals surface area (Å²) in [6, 6.07) is 0. The van der Waals surface area contributed by atoms with Crippen molar-refractivity contribution in [2.75, 3.05) is 32.0 Å².